The fraction of sp³-hybridized carbons (Fsp3) is 0.533. The molecule has 2 saturated heterocycles. The molecule has 2 fully saturated rings. The number of nitrogens with one attached hydrogen (secondary N) is 1. The number of aromatic nitrogens is 1. The summed E-state index contributed by atoms with van der Waals surface area (Å²) in [6.45, 7) is 9.59. The van der Waals surface area contributed by atoms with Gasteiger partial charge >= 0.3 is 0 Å². The first kappa shape index (κ1) is 26.4. The Morgan fingerprint density at radius 2 is 1.74 bits per heavy atom. The lowest BCUT2D eigenvalue weighted by molar-refractivity contribution is -0.163. The predicted molar refractivity (Wildman–Crippen MR) is 143 cm³/mol. The van der Waals surface area contributed by atoms with Gasteiger partial charge in [0.25, 0.3) is 0 Å². The molecule has 5 rings (SSSR count). The van der Waals surface area contributed by atoms with Crippen molar-refractivity contribution < 1.29 is 19.1 Å². The van der Waals surface area contributed by atoms with Gasteiger partial charge in [-0.2, -0.15) is 0 Å². The standard InChI is InChI=1S/C30H38N4O4/c1-5-18(2)26-28(35)32-25(23-16-21-8-6-7-9-22(21)17-23)29(36)34(26)27(24-11-10-19(3)31-20(24)4)30(37)33-12-14-38-15-13-33/h6-11,18,23,25-27H,5,12-17H2,1-4H3,(H,32,35)/t18-,25+,26+,27?/m0/s1. The zero-order chi connectivity index (χ0) is 27.0. The van der Waals surface area contributed by atoms with Crippen molar-refractivity contribution in [1.29, 1.82) is 0 Å². The van der Waals surface area contributed by atoms with Gasteiger partial charge in [0.15, 0.2) is 0 Å². The molecule has 1 N–H and O–H groups in total. The molecule has 1 aliphatic carbocycles. The number of morpholine rings is 1. The number of nitrogens with zero attached hydrogens (tertiary/aromatic N) is 3. The Hall–Kier alpha value is -3.26. The van der Waals surface area contributed by atoms with E-state index in [0.717, 1.165) is 18.5 Å². The highest BCUT2D eigenvalue weighted by atomic mass is 16.5. The molecule has 4 atom stereocenters. The Morgan fingerprint density at radius 3 is 2.34 bits per heavy atom. The summed E-state index contributed by atoms with van der Waals surface area (Å²) in [5.41, 5.74) is 4.65. The molecule has 0 radical (unpaired) electrons. The molecule has 3 aliphatic rings. The third-order valence-electron chi connectivity index (χ3n) is 8.52. The molecule has 2 aromatic rings. The van der Waals surface area contributed by atoms with Gasteiger partial charge in [0.05, 0.1) is 13.2 Å². The smallest absolute Gasteiger partial charge is 0.250 e. The van der Waals surface area contributed by atoms with E-state index in [-0.39, 0.29) is 29.6 Å². The molecule has 8 nitrogen and oxygen atoms in total. The van der Waals surface area contributed by atoms with E-state index in [9.17, 15) is 14.4 Å². The Balaban J connectivity index is 1.58. The topological polar surface area (TPSA) is 91.8 Å². The average Bonchev–Trinajstić information content (AvgIpc) is 3.35. The van der Waals surface area contributed by atoms with Crippen LogP contribution in [0.4, 0.5) is 0 Å². The fourth-order valence-corrected chi connectivity index (χ4v) is 6.26. The van der Waals surface area contributed by atoms with Crippen LogP contribution in [0.1, 0.15) is 54.4 Å². The quantitative estimate of drug-likeness (QED) is 0.635. The van der Waals surface area contributed by atoms with Crippen molar-refractivity contribution in [3.05, 3.63) is 64.5 Å². The maximum atomic E-state index is 14.5. The van der Waals surface area contributed by atoms with Crippen molar-refractivity contribution in [1.82, 2.24) is 20.1 Å². The van der Waals surface area contributed by atoms with Gasteiger partial charge in [0.1, 0.15) is 18.1 Å². The molecule has 0 bridgehead atoms. The minimum Gasteiger partial charge on any atom is -0.378 e. The van der Waals surface area contributed by atoms with E-state index in [2.05, 4.69) is 22.4 Å². The van der Waals surface area contributed by atoms with E-state index in [1.807, 2.05) is 52.0 Å². The molecule has 38 heavy (non-hydrogen) atoms. The van der Waals surface area contributed by atoms with Crippen LogP contribution in [0.2, 0.25) is 0 Å². The lowest BCUT2D eigenvalue weighted by Gasteiger charge is -2.47. The van der Waals surface area contributed by atoms with Gasteiger partial charge in [-0.1, -0.05) is 50.6 Å². The summed E-state index contributed by atoms with van der Waals surface area (Å²) in [6, 6.07) is 9.62. The Kier molecular flexibility index (Phi) is 7.52. The maximum Gasteiger partial charge on any atom is 0.250 e. The number of ether oxygens (including phenoxy) is 1. The summed E-state index contributed by atoms with van der Waals surface area (Å²) in [6.07, 6.45) is 2.15. The molecule has 1 aromatic heterocycles. The number of carbonyl (C=O) groups is 3. The number of carbonyl (C=O) groups excluding carboxylic acids is 3. The van der Waals surface area contributed by atoms with Crippen LogP contribution in [0.15, 0.2) is 36.4 Å². The van der Waals surface area contributed by atoms with Crippen molar-refractivity contribution in [3.63, 3.8) is 0 Å². The van der Waals surface area contributed by atoms with Crippen LogP contribution in [-0.4, -0.2) is 70.9 Å². The van der Waals surface area contributed by atoms with E-state index in [4.69, 9.17) is 4.74 Å². The van der Waals surface area contributed by atoms with E-state index in [0.29, 0.717) is 44.0 Å². The number of rotatable bonds is 6. The molecule has 1 aromatic carbocycles. The van der Waals surface area contributed by atoms with Crippen LogP contribution >= 0.6 is 0 Å². The second-order valence-corrected chi connectivity index (χ2v) is 11.0. The minimum absolute atomic E-state index is 0.0550. The highest BCUT2D eigenvalue weighted by Gasteiger charge is 2.51. The van der Waals surface area contributed by atoms with Crippen LogP contribution in [0.3, 0.4) is 0 Å². The third kappa shape index (κ3) is 4.82. The number of benzene rings is 1. The predicted octanol–water partition coefficient (Wildman–Crippen LogP) is 2.76. The highest BCUT2D eigenvalue weighted by Crippen LogP contribution is 2.37. The number of hydrogen-bond donors (Lipinski definition) is 1. The second-order valence-electron chi connectivity index (χ2n) is 11.0. The number of fused-ring (bicyclic) bond motifs is 1. The summed E-state index contributed by atoms with van der Waals surface area (Å²) in [5.74, 6) is -0.719. The van der Waals surface area contributed by atoms with Crippen LogP contribution in [0.5, 0.6) is 0 Å². The third-order valence-corrected chi connectivity index (χ3v) is 8.52. The van der Waals surface area contributed by atoms with Crippen LogP contribution in [0, 0.1) is 25.7 Å². The summed E-state index contributed by atoms with van der Waals surface area (Å²) in [4.78, 5) is 50.6. The van der Waals surface area contributed by atoms with Crippen LogP contribution < -0.4 is 5.32 Å². The van der Waals surface area contributed by atoms with Crippen molar-refractivity contribution in [3.8, 4) is 0 Å². The molecular weight excluding hydrogens is 480 g/mol. The molecule has 202 valence electrons. The van der Waals surface area contributed by atoms with Crippen LogP contribution in [-0.2, 0) is 32.0 Å². The van der Waals surface area contributed by atoms with E-state index in [1.54, 1.807) is 9.80 Å². The first-order valence-corrected chi connectivity index (χ1v) is 13.8. The summed E-state index contributed by atoms with van der Waals surface area (Å²) in [5, 5.41) is 3.10. The van der Waals surface area contributed by atoms with Crippen LogP contribution in [0.25, 0.3) is 0 Å². The second kappa shape index (κ2) is 10.8. The molecule has 3 amide bonds. The number of hydrogen-bond acceptors (Lipinski definition) is 5. The molecule has 2 aliphatic heterocycles. The molecule has 8 heteroatoms. The molecule has 1 unspecified atom stereocenters. The van der Waals surface area contributed by atoms with Crippen molar-refractivity contribution >= 4 is 17.7 Å². The van der Waals surface area contributed by atoms with Crippen molar-refractivity contribution in [2.75, 3.05) is 26.3 Å². The SMILES string of the molecule is CC[C@H](C)[C@@H]1C(=O)N[C@H](C2Cc3ccccc3C2)C(=O)N1C(C(=O)N1CCOCC1)c1ccc(C)nc1C. The van der Waals surface area contributed by atoms with Crippen molar-refractivity contribution in [2.24, 2.45) is 11.8 Å². The Labute approximate surface area is 224 Å². The summed E-state index contributed by atoms with van der Waals surface area (Å²) < 4.78 is 5.50. The Bertz CT molecular complexity index is 1200. The molecule has 0 saturated carbocycles. The van der Waals surface area contributed by atoms with Gasteiger partial charge in [-0.05, 0) is 55.7 Å². The van der Waals surface area contributed by atoms with Gasteiger partial charge in [0, 0.05) is 30.0 Å². The van der Waals surface area contributed by atoms with Gasteiger partial charge in [-0.3, -0.25) is 19.4 Å². The zero-order valence-electron chi connectivity index (χ0n) is 22.8. The largest absolute Gasteiger partial charge is 0.378 e. The first-order valence-electron chi connectivity index (χ1n) is 13.8. The fourth-order valence-electron chi connectivity index (χ4n) is 6.26. The molecular formula is C30H38N4O4. The normalized spacial score (nSPS) is 23.7. The number of pyridine rings is 1. The van der Waals surface area contributed by atoms with Gasteiger partial charge < -0.3 is 19.9 Å². The summed E-state index contributed by atoms with van der Waals surface area (Å²) in [7, 11) is 0. The minimum atomic E-state index is -0.926. The van der Waals surface area contributed by atoms with E-state index in [1.165, 1.54) is 11.1 Å². The highest BCUT2D eigenvalue weighted by molar-refractivity contribution is 6.00. The van der Waals surface area contributed by atoms with E-state index < -0.39 is 18.1 Å². The van der Waals surface area contributed by atoms with Gasteiger partial charge in [0.2, 0.25) is 17.7 Å². The van der Waals surface area contributed by atoms with Crippen molar-refractivity contribution in [2.45, 2.75) is 65.1 Å². The Morgan fingerprint density at radius 1 is 1.08 bits per heavy atom. The summed E-state index contributed by atoms with van der Waals surface area (Å²) >= 11 is 0. The molecule has 3 heterocycles. The number of aryl methyl sites for hydroxylation is 2. The van der Waals surface area contributed by atoms with E-state index >= 15 is 0 Å². The maximum absolute atomic E-state index is 14.5. The molecule has 0 spiro atoms. The zero-order valence-corrected chi connectivity index (χ0v) is 22.8. The lowest BCUT2D eigenvalue weighted by Crippen LogP contribution is -2.68. The van der Waals surface area contributed by atoms with Gasteiger partial charge in [-0.25, -0.2) is 0 Å². The average molecular weight is 519 g/mol. The number of amides is 3. The monoisotopic (exact) mass is 518 g/mol. The van der Waals surface area contributed by atoms with Gasteiger partial charge in [-0.15, -0.1) is 0 Å². The number of piperazine rings is 1. The first-order chi connectivity index (χ1) is 18.3. The lowest BCUT2D eigenvalue weighted by atomic mass is 9.85.